The van der Waals surface area contributed by atoms with Crippen LogP contribution in [0.2, 0.25) is 0 Å². The highest BCUT2D eigenvalue weighted by Crippen LogP contribution is 2.58. The average Bonchev–Trinajstić information content (AvgIpc) is 2.46. The highest BCUT2D eigenvalue weighted by atomic mass is 19.4. The largest absolute Gasteiger partial charge is 0.459 e. The van der Waals surface area contributed by atoms with E-state index in [9.17, 15) is 30.7 Å². The zero-order valence-electron chi connectivity index (χ0n) is 12.5. The van der Waals surface area contributed by atoms with Gasteiger partial charge in [0.2, 0.25) is 0 Å². The van der Waals surface area contributed by atoms with Crippen molar-refractivity contribution >= 4 is 5.69 Å². The van der Waals surface area contributed by atoms with Gasteiger partial charge in [0.25, 0.3) is 0 Å². The SMILES string of the molecule is C=CCC(CC=C)(c1ccc(N)cc1)C(F)(F)C(F)(F)C(F)(F)F. The molecule has 0 atom stereocenters. The number of nitrogen functional groups attached to an aromatic ring is 1. The minimum atomic E-state index is -6.42. The zero-order chi connectivity index (χ0) is 18.8. The van der Waals surface area contributed by atoms with Gasteiger partial charge in [-0.2, -0.15) is 30.7 Å². The van der Waals surface area contributed by atoms with Crippen LogP contribution in [0.1, 0.15) is 18.4 Å². The number of allylic oxidation sites excluding steroid dienone is 2. The fourth-order valence-electron chi connectivity index (χ4n) is 2.53. The second-order valence-electron chi connectivity index (χ2n) is 5.34. The Kier molecular flexibility index (Phi) is 5.42. The second-order valence-corrected chi connectivity index (χ2v) is 5.34. The van der Waals surface area contributed by atoms with Gasteiger partial charge in [-0.25, -0.2) is 0 Å². The molecule has 0 saturated heterocycles. The van der Waals surface area contributed by atoms with Gasteiger partial charge < -0.3 is 5.73 Å². The van der Waals surface area contributed by atoms with Crippen LogP contribution < -0.4 is 5.73 Å². The van der Waals surface area contributed by atoms with E-state index in [2.05, 4.69) is 13.2 Å². The molecule has 0 radical (unpaired) electrons. The van der Waals surface area contributed by atoms with E-state index >= 15 is 0 Å². The van der Waals surface area contributed by atoms with Crippen molar-refractivity contribution in [2.45, 2.75) is 36.3 Å². The maximum absolute atomic E-state index is 14.6. The first-order valence-corrected chi connectivity index (χ1v) is 6.77. The summed E-state index contributed by atoms with van der Waals surface area (Å²) in [6.07, 6.45) is -6.30. The number of rotatable bonds is 7. The van der Waals surface area contributed by atoms with Crippen molar-refractivity contribution in [2.24, 2.45) is 0 Å². The molecule has 2 N–H and O–H groups in total. The summed E-state index contributed by atoms with van der Waals surface area (Å²) in [5.41, 5.74) is 2.29. The number of halogens is 7. The molecule has 0 unspecified atom stereocenters. The predicted octanol–water partition coefficient (Wildman–Crippen LogP) is 5.49. The average molecular weight is 355 g/mol. The molecule has 0 aliphatic carbocycles. The molecule has 8 heteroatoms. The normalized spacial score (nSPS) is 13.6. The van der Waals surface area contributed by atoms with Crippen molar-refractivity contribution < 1.29 is 30.7 Å². The summed E-state index contributed by atoms with van der Waals surface area (Å²) in [6, 6.07) is 4.31. The Morgan fingerprint density at radius 1 is 0.792 bits per heavy atom. The van der Waals surface area contributed by atoms with Crippen LogP contribution >= 0.6 is 0 Å². The van der Waals surface area contributed by atoms with Crippen molar-refractivity contribution in [3.63, 3.8) is 0 Å². The lowest BCUT2D eigenvalue weighted by Gasteiger charge is -2.43. The molecule has 1 rings (SSSR count). The number of hydrogen-bond acceptors (Lipinski definition) is 1. The van der Waals surface area contributed by atoms with Crippen LogP contribution in [0, 0.1) is 0 Å². The van der Waals surface area contributed by atoms with Gasteiger partial charge in [-0.15, -0.1) is 13.2 Å². The molecule has 1 nitrogen and oxygen atoms in total. The summed E-state index contributed by atoms with van der Waals surface area (Å²) in [4.78, 5) is 0. The van der Waals surface area contributed by atoms with Crippen LogP contribution in [-0.4, -0.2) is 18.0 Å². The molecule has 1 aromatic carbocycles. The van der Waals surface area contributed by atoms with Gasteiger partial charge in [-0.3, -0.25) is 0 Å². The smallest absolute Gasteiger partial charge is 0.399 e. The lowest BCUT2D eigenvalue weighted by atomic mass is 9.67. The first kappa shape index (κ1) is 20.1. The Balaban J connectivity index is 3.71. The van der Waals surface area contributed by atoms with Gasteiger partial charge >= 0.3 is 18.0 Å². The minimum Gasteiger partial charge on any atom is -0.399 e. The maximum atomic E-state index is 14.6. The first-order chi connectivity index (χ1) is 10.9. The van der Waals surface area contributed by atoms with Crippen LogP contribution in [-0.2, 0) is 5.41 Å². The van der Waals surface area contributed by atoms with Crippen LogP contribution in [0.25, 0.3) is 0 Å². The molecule has 0 aliphatic heterocycles. The molecule has 0 spiro atoms. The molecule has 0 bridgehead atoms. The van der Waals surface area contributed by atoms with Gasteiger partial charge in [-0.05, 0) is 30.5 Å². The summed E-state index contributed by atoms with van der Waals surface area (Å²) < 4.78 is 94.3. The zero-order valence-corrected chi connectivity index (χ0v) is 12.5. The molecule has 0 aromatic heterocycles. The Morgan fingerprint density at radius 3 is 1.54 bits per heavy atom. The lowest BCUT2D eigenvalue weighted by Crippen LogP contribution is -2.62. The number of hydrogen-bond donors (Lipinski definition) is 1. The molecule has 0 saturated carbocycles. The van der Waals surface area contributed by atoms with Crippen molar-refractivity contribution in [3.8, 4) is 0 Å². The highest BCUT2D eigenvalue weighted by Gasteiger charge is 2.78. The summed E-state index contributed by atoms with van der Waals surface area (Å²) in [7, 11) is 0. The Labute approximate surface area is 134 Å². The molecule has 0 amide bonds. The molecule has 0 aliphatic rings. The van der Waals surface area contributed by atoms with Crippen LogP contribution in [0.15, 0.2) is 49.6 Å². The monoisotopic (exact) mass is 355 g/mol. The highest BCUT2D eigenvalue weighted by molar-refractivity contribution is 5.43. The molecule has 0 heterocycles. The topological polar surface area (TPSA) is 26.0 Å². The molecule has 0 fully saturated rings. The van der Waals surface area contributed by atoms with Gasteiger partial charge in [-0.1, -0.05) is 24.3 Å². The minimum absolute atomic E-state index is 0.149. The van der Waals surface area contributed by atoms with Gasteiger partial charge in [0.1, 0.15) is 0 Å². The van der Waals surface area contributed by atoms with Crippen LogP contribution in [0.5, 0.6) is 0 Å². The molecular weight excluding hydrogens is 339 g/mol. The Bertz CT molecular complexity index is 577. The predicted molar refractivity (Wildman–Crippen MR) is 78.1 cm³/mol. The third-order valence-electron chi connectivity index (χ3n) is 3.80. The summed E-state index contributed by atoms with van der Waals surface area (Å²) in [5.74, 6) is -11.7. The fourth-order valence-corrected chi connectivity index (χ4v) is 2.53. The quantitative estimate of drug-likeness (QED) is 0.391. The van der Waals surface area contributed by atoms with Gasteiger partial charge in [0, 0.05) is 5.69 Å². The molecule has 1 aromatic rings. The van der Waals surface area contributed by atoms with Gasteiger partial charge in [0.05, 0.1) is 5.41 Å². The summed E-state index contributed by atoms with van der Waals surface area (Å²) >= 11 is 0. The third kappa shape index (κ3) is 3.01. The molecular formula is C16H16F7N. The molecule has 134 valence electrons. The van der Waals surface area contributed by atoms with E-state index in [1.54, 1.807) is 0 Å². The van der Waals surface area contributed by atoms with Crippen LogP contribution in [0.3, 0.4) is 0 Å². The van der Waals surface area contributed by atoms with E-state index in [1.165, 1.54) is 0 Å². The van der Waals surface area contributed by atoms with E-state index in [4.69, 9.17) is 5.73 Å². The van der Waals surface area contributed by atoms with Crippen LogP contribution in [0.4, 0.5) is 36.4 Å². The van der Waals surface area contributed by atoms with Crippen molar-refractivity contribution in [1.29, 1.82) is 0 Å². The summed E-state index contributed by atoms with van der Waals surface area (Å²) in [5, 5.41) is 0. The fraction of sp³-hybridized carbons (Fsp3) is 0.375. The van der Waals surface area contributed by atoms with Crippen molar-refractivity contribution in [1.82, 2.24) is 0 Å². The maximum Gasteiger partial charge on any atom is 0.459 e. The standard InChI is InChI=1S/C16H16F7N/c1-3-9-13(10-4-2,11-5-7-12(24)8-6-11)14(17,18)15(19,20)16(21,22)23/h3-8H,1-2,9-10,24H2. The van der Waals surface area contributed by atoms with Crippen molar-refractivity contribution in [3.05, 3.63) is 55.1 Å². The van der Waals surface area contributed by atoms with E-state index in [0.29, 0.717) is 0 Å². The Morgan fingerprint density at radius 2 is 1.21 bits per heavy atom. The van der Waals surface area contributed by atoms with E-state index < -0.39 is 41.8 Å². The second kappa shape index (κ2) is 6.49. The van der Waals surface area contributed by atoms with E-state index in [-0.39, 0.29) is 5.69 Å². The molecule has 24 heavy (non-hydrogen) atoms. The number of benzene rings is 1. The first-order valence-electron chi connectivity index (χ1n) is 6.77. The number of nitrogens with two attached hydrogens (primary N) is 1. The third-order valence-corrected chi connectivity index (χ3v) is 3.80. The number of anilines is 1. The lowest BCUT2D eigenvalue weighted by molar-refractivity contribution is -0.370. The summed E-state index contributed by atoms with van der Waals surface area (Å²) in [6.45, 7) is 6.42. The van der Waals surface area contributed by atoms with E-state index in [0.717, 1.165) is 36.4 Å². The van der Waals surface area contributed by atoms with Gasteiger partial charge in [0.15, 0.2) is 0 Å². The number of alkyl halides is 7. The Hall–Kier alpha value is -1.99. The van der Waals surface area contributed by atoms with E-state index in [1.807, 2.05) is 0 Å². The van der Waals surface area contributed by atoms with Crippen molar-refractivity contribution in [2.75, 3.05) is 5.73 Å².